The van der Waals surface area contributed by atoms with Crippen LogP contribution in [0.2, 0.25) is 0 Å². The summed E-state index contributed by atoms with van der Waals surface area (Å²) < 4.78 is 0. The van der Waals surface area contributed by atoms with Crippen LogP contribution in [-0.4, -0.2) is 22.4 Å². The molecule has 3 rings (SSSR count). The molecular weight excluding hydrogens is 286 g/mol. The molecule has 1 fully saturated rings. The Labute approximate surface area is 127 Å². The number of nitrogens with zero attached hydrogens (tertiary/aromatic N) is 2. The minimum absolute atomic E-state index is 0.384. The summed E-state index contributed by atoms with van der Waals surface area (Å²) in [5, 5.41) is 7.75. The van der Waals surface area contributed by atoms with E-state index in [0.717, 1.165) is 22.5 Å². The fourth-order valence-electron chi connectivity index (χ4n) is 2.13. The number of amidine groups is 1. The average molecular weight is 303 g/mol. The number of hydrogen-bond donors (Lipinski definition) is 1. The van der Waals surface area contributed by atoms with Gasteiger partial charge in [-0.15, -0.1) is 11.3 Å². The van der Waals surface area contributed by atoms with Crippen molar-refractivity contribution in [3.63, 3.8) is 0 Å². The van der Waals surface area contributed by atoms with Gasteiger partial charge in [0.15, 0.2) is 5.17 Å². The third-order valence-corrected chi connectivity index (χ3v) is 5.30. The molecule has 104 valence electrons. The van der Waals surface area contributed by atoms with Gasteiger partial charge in [-0.2, -0.15) is 0 Å². The van der Waals surface area contributed by atoms with Gasteiger partial charge in [0, 0.05) is 23.2 Å². The highest BCUT2D eigenvalue weighted by Gasteiger charge is 2.21. The van der Waals surface area contributed by atoms with Crippen LogP contribution in [-0.2, 0) is 0 Å². The van der Waals surface area contributed by atoms with Gasteiger partial charge in [0.1, 0.15) is 0 Å². The highest BCUT2D eigenvalue weighted by molar-refractivity contribution is 8.14. The number of aliphatic imine (C=N–C) groups is 1. The molecule has 2 unspecified atom stereocenters. The smallest absolute Gasteiger partial charge is 0.157 e. The Balaban J connectivity index is 1.58. The highest BCUT2D eigenvalue weighted by atomic mass is 32.2. The lowest BCUT2D eigenvalue weighted by molar-refractivity contribution is 0.733. The van der Waals surface area contributed by atoms with Gasteiger partial charge in [0.05, 0.1) is 17.6 Å². The Morgan fingerprint density at radius 1 is 1.40 bits per heavy atom. The van der Waals surface area contributed by atoms with Crippen molar-refractivity contribution >= 4 is 28.3 Å². The molecule has 1 N–H and O–H groups in total. The third-order valence-electron chi connectivity index (χ3n) is 3.27. The fourth-order valence-corrected chi connectivity index (χ4v) is 3.81. The lowest BCUT2D eigenvalue weighted by Crippen LogP contribution is -2.19. The van der Waals surface area contributed by atoms with Crippen molar-refractivity contribution in [2.75, 3.05) is 12.3 Å². The summed E-state index contributed by atoms with van der Waals surface area (Å²) in [6.45, 7) is 2.97. The van der Waals surface area contributed by atoms with E-state index in [-0.39, 0.29) is 0 Å². The first kappa shape index (κ1) is 13.6. The Bertz CT molecular complexity index is 566. The summed E-state index contributed by atoms with van der Waals surface area (Å²) in [5.74, 6) is 1.44. The van der Waals surface area contributed by atoms with Crippen molar-refractivity contribution < 1.29 is 0 Å². The molecule has 1 aliphatic rings. The van der Waals surface area contributed by atoms with Gasteiger partial charge < -0.3 is 5.32 Å². The first-order chi connectivity index (χ1) is 9.83. The number of aromatic nitrogens is 1. The zero-order chi connectivity index (χ0) is 13.8. The second-order valence-corrected chi connectivity index (χ2v) is 6.77. The molecule has 1 aromatic carbocycles. The van der Waals surface area contributed by atoms with E-state index >= 15 is 0 Å². The van der Waals surface area contributed by atoms with Crippen molar-refractivity contribution in [1.29, 1.82) is 0 Å². The van der Waals surface area contributed by atoms with Crippen LogP contribution < -0.4 is 5.32 Å². The second kappa shape index (κ2) is 6.41. The molecule has 0 radical (unpaired) electrons. The summed E-state index contributed by atoms with van der Waals surface area (Å²) in [4.78, 5) is 9.04. The predicted molar refractivity (Wildman–Crippen MR) is 87.6 cm³/mol. The average Bonchev–Trinajstić information content (AvgIpc) is 3.17. The highest BCUT2D eigenvalue weighted by Crippen LogP contribution is 2.26. The summed E-state index contributed by atoms with van der Waals surface area (Å²) in [5.41, 5.74) is 1.33. The van der Waals surface area contributed by atoms with Crippen LogP contribution in [0.15, 0.2) is 46.9 Å². The summed E-state index contributed by atoms with van der Waals surface area (Å²) in [7, 11) is 0. The minimum atomic E-state index is 0.384. The van der Waals surface area contributed by atoms with Crippen molar-refractivity contribution in [1.82, 2.24) is 10.3 Å². The zero-order valence-electron chi connectivity index (χ0n) is 11.3. The molecule has 2 heterocycles. The van der Waals surface area contributed by atoms with Crippen LogP contribution in [0, 0.1) is 0 Å². The van der Waals surface area contributed by atoms with Crippen molar-refractivity contribution in [3.05, 3.63) is 52.5 Å². The van der Waals surface area contributed by atoms with Gasteiger partial charge in [-0.25, -0.2) is 4.98 Å². The molecule has 1 saturated heterocycles. The topological polar surface area (TPSA) is 37.3 Å². The van der Waals surface area contributed by atoms with Gasteiger partial charge in [0.25, 0.3) is 0 Å². The lowest BCUT2D eigenvalue weighted by atomic mass is 10.1. The van der Waals surface area contributed by atoms with Gasteiger partial charge in [0.2, 0.25) is 0 Å². The number of nitrogens with one attached hydrogen (secondary N) is 1. The first-order valence-electron chi connectivity index (χ1n) is 6.71. The molecular formula is C15H17N3S2. The first-order valence-corrected chi connectivity index (χ1v) is 8.57. The summed E-state index contributed by atoms with van der Waals surface area (Å²) in [6.07, 6.45) is 1.86. The maximum atomic E-state index is 4.69. The van der Waals surface area contributed by atoms with Crippen LogP contribution in [0.1, 0.15) is 29.5 Å². The largest absolute Gasteiger partial charge is 0.357 e. The predicted octanol–water partition coefficient (Wildman–Crippen LogP) is 3.68. The Kier molecular flexibility index (Phi) is 4.38. The Hall–Kier alpha value is -1.33. The second-order valence-electron chi connectivity index (χ2n) is 4.84. The molecule has 20 heavy (non-hydrogen) atoms. The maximum absolute atomic E-state index is 4.69. The molecule has 2 atom stereocenters. The molecule has 1 aliphatic heterocycles. The quantitative estimate of drug-likeness (QED) is 0.936. The van der Waals surface area contributed by atoms with E-state index in [9.17, 15) is 0 Å². The monoisotopic (exact) mass is 303 g/mol. The van der Waals surface area contributed by atoms with Crippen molar-refractivity contribution in [2.45, 2.75) is 18.9 Å². The van der Waals surface area contributed by atoms with E-state index in [0.29, 0.717) is 12.0 Å². The van der Waals surface area contributed by atoms with E-state index in [1.807, 2.05) is 11.6 Å². The molecule has 2 aromatic rings. The van der Waals surface area contributed by atoms with Crippen molar-refractivity contribution in [2.24, 2.45) is 4.99 Å². The molecule has 3 nitrogen and oxygen atoms in total. The van der Waals surface area contributed by atoms with Gasteiger partial charge >= 0.3 is 0 Å². The normalized spacial score (nSPS) is 21.9. The number of benzene rings is 1. The van der Waals surface area contributed by atoms with E-state index in [1.165, 1.54) is 5.56 Å². The van der Waals surface area contributed by atoms with Crippen LogP contribution in [0.25, 0.3) is 0 Å². The Morgan fingerprint density at radius 3 is 3.00 bits per heavy atom. The number of rotatable bonds is 4. The lowest BCUT2D eigenvalue weighted by Gasteiger charge is -2.10. The molecule has 0 saturated carbocycles. The van der Waals surface area contributed by atoms with E-state index in [2.05, 4.69) is 47.6 Å². The van der Waals surface area contributed by atoms with Gasteiger partial charge in [-0.3, -0.25) is 4.99 Å². The Morgan fingerprint density at radius 2 is 2.25 bits per heavy atom. The van der Waals surface area contributed by atoms with Crippen molar-refractivity contribution in [3.8, 4) is 0 Å². The van der Waals surface area contributed by atoms with E-state index in [4.69, 9.17) is 4.99 Å². The minimum Gasteiger partial charge on any atom is -0.357 e. The van der Waals surface area contributed by atoms with Crippen LogP contribution in [0.5, 0.6) is 0 Å². The number of thiazole rings is 1. The fraction of sp³-hybridized carbons (Fsp3) is 0.333. The molecule has 5 heteroatoms. The maximum Gasteiger partial charge on any atom is 0.157 e. The molecule has 1 aromatic heterocycles. The van der Waals surface area contributed by atoms with E-state index < -0.39 is 0 Å². The van der Waals surface area contributed by atoms with Crippen LogP contribution >= 0.6 is 23.1 Å². The van der Waals surface area contributed by atoms with Gasteiger partial charge in [-0.1, -0.05) is 49.0 Å². The molecule has 0 bridgehead atoms. The molecule has 0 aliphatic carbocycles. The zero-order valence-corrected chi connectivity index (χ0v) is 13.0. The third kappa shape index (κ3) is 3.22. The SMILES string of the molecule is CC(CN=C1NC(c2ccccc2)CS1)c1nccs1. The summed E-state index contributed by atoms with van der Waals surface area (Å²) >= 11 is 3.51. The standard InChI is InChI=1S/C15H17N3S2/c1-11(14-16-7-8-19-14)9-17-15-18-13(10-20-15)12-5-3-2-4-6-12/h2-8,11,13H,9-10H2,1H3,(H,17,18). The van der Waals surface area contributed by atoms with Gasteiger partial charge in [-0.05, 0) is 5.56 Å². The van der Waals surface area contributed by atoms with E-state index in [1.54, 1.807) is 23.1 Å². The van der Waals surface area contributed by atoms with Crippen LogP contribution in [0.3, 0.4) is 0 Å². The number of thioether (sulfide) groups is 1. The number of hydrogen-bond acceptors (Lipinski definition) is 4. The van der Waals surface area contributed by atoms with Crippen LogP contribution in [0.4, 0.5) is 0 Å². The molecule has 0 amide bonds. The molecule has 0 spiro atoms. The summed E-state index contributed by atoms with van der Waals surface area (Å²) in [6, 6.07) is 10.9.